The summed E-state index contributed by atoms with van der Waals surface area (Å²) in [6.07, 6.45) is 5.51. The highest BCUT2D eigenvalue weighted by atomic mass is 15.1. The van der Waals surface area contributed by atoms with Crippen LogP contribution in [0.4, 0.5) is 0 Å². The van der Waals surface area contributed by atoms with Gasteiger partial charge in [0.25, 0.3) is 0 Å². The van der Waals surface area contributed by atoms with Crippen LogP contribution >= 0.6 is 0 Å². The van der Waals surface area contributed by atoms with Gasteiger partial charge in [0.05, 0.1) is 16.7 Å². The number of aromatic nitrogens is 8. The minimum Gasteiger partial charge on any atom is -0.298 e. The van der Waals surface area contributed by atoms with E-state index in [-0.39, 0.29) is 0 Å². The molecule has 0 unspecified atom stereocenters. The predicted molar refractivity (Wildman–Crippen MR) is 184 cm³/mol. The molecule has 47 heavy (non-hydrogen) atoms. The van der Waals surface area contributed by atoms with E-state index in [1.165, 1.54) is 0 Å². The molecule has 8 nitrogen and oxygen atoms in total. The number of benzene rings is 3. The SMILES string of the molecule is c1ccc(-c2nc(-c3ccc(-c4cccc(-c5nc6ccccc6c6nc7ccccn7c56)c4)cc3)nc(-c3ccccn3)n2)nc1. The molecule has 0 atom stereocenters. The fourth-order valence-corrected chi connectivity index (χ4v) is 5.94. The van der Waals surface area contributed by atoms with Crippen molar-refractivity contribution in [3.63, 3.8) is 0 Å². The van der Waals surface area contributed by atoms with Crippen LogP contribution in [0.25, 0.3) is 84.4 Å². The topological polar surface area (TPSA) is 94.6 Å². The molecule has 0 aliphatic rings. The monoisotopic (exact) mass is 604 g/mol. The van der Waals surface area contributed by atoms with Crippen LogP contribution in [0.5, 0.6) is 0 Å². The van der Waals surface area contributed by atoms with Gasteiger partial charge >= 0.3 is 0 Å². The molecule has 3 aromatic carbocycles. The van der Waals surface area contributed by atoms with Gasteiger partial charge < -0.3 is 0 Å². The lowest BCUT2D eigenvalue weighted by Crippen LogP contribution is -2.01. The molecule has 0 spiro atoms. The van der Waals surface area contributed by atoms with Crippen LogP contribution in [0.1, 0.15) is 0 Å². The Morgan fingerprint density at radius 2 is 1.11 bits per heavy atom. The predicted octanol–water partition coefficient (Wildman–Crippen LogP) is 8.35. The molecule has 0 saturated heterocycles. The molecule has 9 aromatic rings. The van der Waals surface area contributed by atoms with E-state index in [4.69, 9.17) is 24.9 Å². The average Bonchev–Trinajstić information content (AvgIpc) is 3.55. The van der Waals surface area contributed by atoms with Crippen LogP contribution in [0.3, 0.4) is 0 Å². The van der Waals surface area contributed by atoms with Crippen molar-refractivity contribution in [2.24, 2.45) is 0 Å². The summed E-state index contributed by atoms with van der Waals surface area (Å²) < 4.78 is 2.12. The fourth-order valence-electron chi connectivity index (χ4n) is 5.94. The van der Waals surface area contributed by atoms with Gasteiger partial charge in [-0.1, -0.05) is 78.9 Å². The van der Waals surface area contributed by atoms with Crippen molar-refractivity contribution in [2.75, 3.05) is 0 Å². The van der Waals surface area contributed by atoms with E-state index in [9.17, 15) is 0 Å². The van der Waals surface area contributed by atoms with Crippen LogP contribution in [0.2, 0.25) is 0 Å². The van der Waals surface area contributed by atoms with E-state index in [0.717, 1.165) is 55.5 Å². The van der Waals surface area contributed by atoms with Crippen molar-refractivity contribution >= 4 is 27.6 Å². The molecule has 0 aliphatic heterocycles. The number of hydrogen-bond donors (Lipinski definition) is 0. The zero-order valence-corrected chi connectivity index (χ0v) is 24.9. The summed E-state index contributed by atoms with van der Waals surface area (Å²) in [5, 5.41) is 1.04. The quantitative estimate of drug-likeness (QED) is 0.195. The average molecular weight is 605 g/mol. The van der Waals surface area contributed by atoms with E-state index in [2.05, 4.69) is 56.8 Å². The second-order valence-electron chi connectivity index (χ2n) is 11.1. The summed E-state index contributed by atoms with van der Waals surface area (Å²) in [7, 11) is 0. The highest BCUT2D eigenvalue weighted by molar-refractivity contribution is 6.09. The summed E-state index contributed by atoms with van der Waals surface area (Å²) in [4.78, 5) is 33.4. The van der Waals surface area contributed by atoms with Gasteiger partial charge in [-0.05, 0) is 59.7 Å². The number of rotatable bonds is 5. The first-order valence-corrected chi connectivity index (χ1v) is 15.2. The zero-order valence-electron chi connectivity index (χ0n) is 24.9. The largest absolute Gasteiger partial charge is 0.298 e. The van der Waals surface area contributed by atoms with E-state index < -0.39 is 0 Å². The summed E-state index contributed by atoms with van der Waals surface area (Å²) >= 11 is 0. The Labute approximate surface area is 269 Å². The lowest BCUT2D eigenvalue weighted by molar-refractivity contribution is 1.05. The van der Waals surface area contributed by atoms with Gasteiger partial charge in [-0.2, -0.15) is 0 Å². The van der Waals surface area contributed by atoms with Crippen molar-refractivity contribution < 1.29 is 0 Å². The Hall–Kier alpha value is -6.67. The van der Waals surface area contributed by atoms with Crippen LogP contribution in [-0.4, -0.2) is 39.3 Å². The first-order valence-electron chi connectivity index (χ1n) is 15.2. The highest BCUT2D eigenvalue weighted by Gasteiger charge is 2.17. The van der Waals surface area contributed by atoms with Crippen molar-refractivity contribution in [3.8, 4) is 56.8 Å². The van der Waals surface area contributed by atoms with Crippen LogP contribution < -0.4 is 0 Å². The number of para-hydroxylation sites is 1. The lowest BCUT2D eigenvalue weighted by atomic mass is 9.99. The molecule has 9 rings (SSSR count). The minimum atomic E-state index is 0.495. The Morgan fingerprint density at radius 3 is 1.85 bits per heavy atom. The Morgan fingerprint density at radius 1 is 0.447 bits per heavy atom. The third-order valence-corrected chi connectivity index (χ3v) is 8.18. The summed E-state index contributed by atoms with van der Waals surface area (Å²) in [5.41, 5.74) is 10.0. The molecule has 0 N–H and O–H groups in total. The smallest absolute Gasteiger partial charge is 0.182 e. The molecule has 0 saturated carbocycles. The second kappa shape index (κ2) is 11.0. The molecular formula is C39H24N8. The number of nitrogens with zero attached hydrogens (tertiary/aromatic N) is 8. The molecule has 6 heterocycles. The molecule has 6 aromatic heterocycles. The number of imidazole rings is 1. The molecule has 0 amide bonds. The maximum Gasteiger partial charge on any atom is 0.182 e. The van der Waals surface area contributed by atoms with Crippen LogP contribution in [0.15, 0.2) is 146 Å². The third-order valence-electron chi connectivity index (χ3n) is 8.18. The standard InChI is InChI=1S/C39H24N8/c1-2-13-30-29(12-1)35-36(47-23-8-5-16-33(47)43-35)34(42-30)28-11-9-10-27(24-28)25-17-19-26(20-18-25)37-44-38(31-14-3-6-21-40-31)46-39(45-37)32-15-4-7-22-41-32/h1-24H. The van der Waals surface area contributed by atoms with E-state index in [1.54, 1.807) is 12.4 Å². The van der Waals surface area contributed by atoms with E-state index >= 15 is 0 Å². The van der Waals surface area contributed by atoms with Gasteiger partial charge in [0.15, 0.2) is 17.5 Å². The van der Waals surface area contributed by atoms with Gasteiger partial charge in [-0.3, -0.25) is 14.4 Å². The molecule has 8 heteroatoms. The Bertz CT molecular complexity index is 2500. The summed E-state index contributed by atoms with van der Waals surface area (Å²) in [5.74, 6) is 1.54. The van der Waals surface area contributed by atoms with Gasteiger partial charge in [0.2, 0.25) is 0 Å². The Kier molecular flexibility index (Phi) is 6.28. The Balaban J connectivity index is 1.13. The molecule has 0 fully saturated rings. The number of pyridine rings is 4. The molecular weight excluding hydrogens is 580 g/mol. The summed E-state index contributed by atoms with van der Waals surface area (Å²) in [6, 6.07) is 42.4. The molecule has 0 aliphatic carbocycles. The van der Waals surface area contributed by atoms with Gasteiger partial charge in [0, 0.05) is 35.1 Å². The van der Waals surface area contributed by atoms with Crippen molar-refractivity contribution in [2.45, 2.75) is 0 Å². The normalized spacial score (nSPS) is 11.4. The van der Waals surface area contributed by atoms with Crippen molar-refractivity contribution in [1.29, 1.82) is 0 Å². The lowest BCUT2D eigenvalue weighted by Gasteiger charge is -2.10. The summed E-state index contributed by atoms with van der Waals surface area (Å²) in [6.45, 7) is 0. The van der Waals surface area contributed by atoms with E-state index in [1.807, 2.05) is 91.1 Å². The minimum absolute atomic E-state index is 0.495. The van der Waals surface area contributed by atoms with Crippen LogP contribution in [-0.2, 0) is 0 Å². The van der Waals surface area contributed by atoms with E-state index in [0.29, 0.717) is 28.9 Å². The first-order chi connectivity index (χ1) is 23.3. The maximum absolute atomic E-state index is 5.16. The van der Waals surface area contributed by atoms with Gasteiger partial charge in [-0.25, -0.2) is 24.9 Å². The molecule has 220 valence electrons. The molecule has 0 radical (unpaired) electrons. The van der Waals surface area contributed by atoms with Crippen molar-refractivity contribution in [1.82, 2.24) is 39.3 Å². The van der Waals surface area contributed by atoms with Gasteiger partial charge in [-0.15, -0.1) is 0 Å². The van der Waals surface area contributed by atoms with Crippen LogP contribution in [0, 0.1) is 0 Å². The maximum atomic E-state index is 5.16. The second-order valence-corrected chi connectivity index (χ2v) is 11.1. The van der Waals surface area contributed by atoms with Gasteiger partial charge in [0.1, 0.15) is 22.6 Å². The number of hydrogen-bond acceptors (Lipinski definition) is 7. The zero-order chi connectivity index (χ0) is 31.2. The highest BCUT2D eigenvalue weighted by Crippen LogP contribution is 2.35. The third kappa shape index (κ3) is 4.76. The first kappa shape index (κ1) is 26.7. The number of fused-ring (bicyclic) bond motifs is 5. The van der Waals surface area contributed by atoms with Crippen molar-refractivity contribution in [3.05, 3.63) is 146 Å². The molecule has 0 bridgehead atoms. The fraction of sp³-hybridized carbons (Fsp3) is 0.